The van der Waals surface area contributed by atoms with E-state index in [9.17, 15) is 4.79 Å². The first-order chi connectivity index (χ1) is 15.8. The van der Waals surface area contributed by atoms with E-state index in [0.717, 1.165) is 30.0 Å². The molecule has 2 aromatic carbocycles. The predicted octanol–water partition coefficient (Wildman–Crippen LogP) is 4.29. The Hall–Kier alpha value is -3.93. The standard InChI is InChI=1S/C26H24N4O2/c31-26(19-20-8-10-22(11-9-20)21-5-2-1-3-6-21)30-16-14-29(15-17-30)25-13-12-23(27-28-25)24-7-4-18-32-24/h1-13,18H,14-17,19H2. The van der Waals surface area contributed by atoms with Gasteiger partial charge in [0.05, 0.1) is 12.7 Å². The van der Waals surface area contributed by atoms with Crippen LogP contribution in [0.4, 0.5) is 5.82 Å². The Morgan fingerprint density at radius 1 is 0.781 bits per heavy atom. The van der Waals surface area contributed by atoms with E-state index in [0.29, 0.717) is 31.0 Å². The average molecular weight is 425 g/mol. The number of hydrogen-bond acceptors (Lipinski definition) is 5. The van der Waals surface area contributed by atoms with Crippen LogP contribution < -0.4 is 4.90 Å². The molecule has 2 aromatic heterocycles. The SMILES string of the molecule is O=C(Cc1ccc(-c2ccccc2)cc1)N1CCN(c2ccc(-c3ccco3)nn2)CC1. The van der Waals surface area contributed by atoms with Crippen molar-refractivity contribution in [2.45, 2.75) is 6.42 Å². The number of nitrogens with zero attached hydrogens (tertiary/aromatic N) is 4. The topological polar surface area (TPSA) is 62.5 Å². The fraction of sp³-hybridized carbons (Fsp3) is 0.192. The molecule has 1 fully saturated rings. The molecule has 1 aliphatic heterocycles. The molecule has 0 bridgehead atoms. The minimum Gasteiger partial charge on any atom is -0.463 e. The van der Waals surface area contributed by atoms with Crippen LogP contribution in [0.2, 0.25) is 0 Å². The van der Waals surface area contributed by atoms with Gasteiger partial charge in [-0.25, -0.2) is 0 Å². The molecule has 0 radical (unpaired) electrons. The van der Waals surface area contributed by atoms with E-state index in [-0.39, 0.29) is 5.91 Å². The van der Waals surface area contributed by atoms with Crippen LogP contribution in [0.3, 0.4) is 0 Å². The highest BCUT2D eigenvalue weighted by Crippen LogP contribution is 2.21. The Morgan fingerprint density at radius 3 is 2.19 bits per heavy atom. The number of amides is 1. The summed E-state index contributed by atoms with van der Waals surface area (Å²) in [6, 6.07) is 26.1. The summed E-state index contributed by atoms with van der Waals surface area (Å²) >= 11 is 0. The Kier molecular flexibility index (Phi) is 5.66. The molecule has 3 heterocycles. The summed E-state index contributed by atoms with van der Waals surface area (Å²) < 4.78 is 5.36. The second kappa shape index (κ2) is 9.06. The Bertz CT molecular complexity index is 1150. The maximum atomic E-state index is 12.8. The van der Waals surface area contributed by atoms with Crippen LogP contribution in [0.15, 0.2) is 89.5 Å². The van der Waals surface area contributed by atoms with Crippen molar-refractivity contribution in [1.29, 1.82) is 0 Å². The number of rotatable bonds is 5. The molecule has 0 unspecified atom stereocenters. The molecule has 1 saturated heterocycles. The third-order valence-corrected chi connectivity index (χ3v) is 5.80. The summed E-state index contributed by atoms with van der Waals surface area (Å²) in [7, 11) is 0. The summed E-state index contributed by atoms with van der Waals surface area (Å²) in [5.74, 6) is 1.69. The predicted molar refractivity (Wildman–Crippen MR) is 124 cm³/mol. The lowest BCUT2D eigenvalue weighted by molar-refractivity contribution is -0.130. The molecule has 0 atom stereocenters. The summed E-state index contributed by atoms with van der Waals surface area (Å²) in [5, 5.41) is 8.61. The number of carbonyl (C=O) groups is 1. The molecule has 32 heavy (non-hydrogen) atoms. The number of aromatic nitrogens is 2. The first-order valence-corrected chi connectivity index (χ1v) is 10.8. The van der Waals surface area contributed by atoms with Crippen molar-refractivity contribution in [2.24, 2.45) is 0 Å². The molecule has 1 aliphatic rings. The van der Waals surface area contributed by atoms with Gasteiger partial charge >= 0.3 is 0 Å². The van der Waals surface area contributed by atoms with Crippen molar-refractivity contribution in [3.63, 3.8) is 0 Å². The van der Waals surface area contributed by atoms with Crippen molar-refractivity contribution in [2.75, 3.05) is 31.1 Å². The van der Waals surface area contributed by atoms with Gasteiger partial charge in [-0.05, 0) is 41.0 Å². The van der Waals surface area contributed by atoms with Gasteiger partial charge in [0.1, 0.15) is 5.69 Å². The van der Waals surface area contributed by atoms with E-state index in [1.807, 2.05) is 59.5 Å². The zero-order valence-electron chi connectivity index (χ0n) is 17.7. The van der Waals surface area contributed by atoms with E-state index >= 15 is 0 Å². The van der Waals surface area contributed by atoms with E-state index in [1.54, 1.807) is 6.26 Å². The quantitative estimate of drug-likeness (QED) is 0.478. The first-order valence-electron chi connectivity index (χ1n) is 10.8. The van der Waals surface area contributed by atoms with Gasteiger partial charge in [-0.2, -0.15) is 0 Å². The monoisotopic (exact) mass is 424 g/mol. The van der Waals surface area contributed by atoms with Crippen LogP contribution in [-0.2, 0) is 11.2 Å². The van der Waals surface area contributed by atoms with Crippen LogP contribution in [0.1, 0.15) is 5.56 Å². The maximum absolute atomic E-state index is 12.8. The molecular formula is C26H24N4O2. The van der Waals surface area contributed by atoms with Crippen LogP contribution >= 0.6 is 0 Å². The third-order valence-electron chi connectivity index (χ3n) is 5.80. The number of anilines is 1. The van der Waals surface area contributed by atoms with Crippen LogP contribution in [0, 0.1) is 0 Å². The van der Waals surface area contributed by atoms with Crippen molar-refractivity contribution in [1.82, 2.24) is 15.1 Å². The maximum Gasteiger partial charge on any atom is 0.227 e. The van der Waals surface area contributed by atoms with Crippen LogP contribution in [0.5, 0.6) is 0 Å². The van der Waals surface area contributed by atoms with Gasteiger partial charge in [0.15, 0.2) is 11.6 Å². The highest BCUT2D eigenvalue weighted by Gasteiger charge is 2.22. The smallest absolute Gasteiger partial charge is 0.227 e. The van der Waals surface area contributed by atoms with Crippen molar-refractivity contribution in [3.05, 3.63) is 90.7 Å². The highest BCUT2D eigenvalue weighted by molar-refractivity contribution is 5.79. The lowest BCUT2D eigenvalue weighted by Crippen LogP contribution is -2.49. The van der Waals surface area contributed by atoms with Gasteiger partial charge in [0.2, 0.25) is 5.91 Å². The summed E-state index contributed by atoms with van der Waals surface area (Å²) in [5.41, 5.74) is 4.10. The normalized spacial score (nSPS) is 13.9. The van der Waals surface area contributed by atoms with Crippen molar-refractivity contribution in [3.8, 4) is 22.6 Å². The van der Waals surface area contributed by atoms with Gasteiger partial charge in [0, 0.05) is 26.2 Å². The van der Waals surface area contributed by atoms with Gasteiger partial charge in [-0.3, -0.25) is 4.79 Å². The molecule has 0 spiro atoms. The Balaban J connectivity index is 1.15. The van der Waals surface area contributed by atoms with E-state index in [4.69, 9.17) is 4.42 Å². The third kappa shape index (κ3) is 4.39. The molecular weight excluding hydrogens is 400 g/mol. The number of furan rings is 1. The second-order valence-electron chi connectivity index (χ2n) is 7.86. The number of benzene rings is 2. The Morgan fingerprint density at radius 2 is 1.53 bits per heavy atom. The van der Waals surface area contributed by atoms with E-state index in [2.05, 4.69) is 39.4 Å². The minimum absolute atomic E-state index is 0.163. The molecule has 4 aromatic rings. The van der Waals surface area contributed by atoms with Gasteiger partial charge in [-0.1, -0.05) is 54.6 Å². The minimum atomic E-state index is 0.163. The van der Waals surface area contributed by atoms with E-state index in [1.165, 1.54) is 5.56 Å². The molecule has 160 valence electrons. The molecule has 6 heteroatoms. The molecule has 1 amide bonds. The summed E-state index contributed by atoms with van der Waals surface area (Å²) in [6.45, 7) is 2.85. The Labute approximate surface area is 187 Å². The molecule has 0 saturated carbocycles. The first kappa shape index (κ1) is 20.0. The zero-order chi connectivity index (χ0) is 21.8. The molecule has 0 N–H and O–H groups in total. The largest absolute Gasteiger partial charge is 0.463 e. The summed E-state index contributed by atoms with van der Waals surface area (Å²) in [4.78, 5) is 16.9. The van der Waals surface area contributed by atoms with Gasteiger partial charge < -0.3 is 14.2 Å². The second-order valence-corrected chi connectivity index (χ2v) is 7.86. The molecule has 6 nitrogen and oxygen atoms in total. The van der Waals surface area contributed by atoms with Crippen LogP contribution in [-0.4, -0.2) is 47.2 Å². The van der Waals surface area contributed by atoms with Crippen LogP contribution in [0.25, 0.3) is 22.6 Å². The van der Waals surface area contributed by atoms with Crippen molar-refractivity contribution >= 4 is 11.7 Å². The number of hydrogen-bond donors (Lipinski definition) is 0. The fourth-order valence-corrected chi connectivity index (χ4v) is 3.97. The average Bonchev–Trinajstić information content (AvgIpc) is 3.40. The number of piperazine rings is 1. The lowest BCUT2D eigenvalue weighted by Gasteiger charge is -2.35. The zero-order valence-corrected chi connectivity index (χ0v) is 17.7. The molecule has 5 rings (SSSR count). The van der Waals surface area contributed by atoms with Crippen molar-refractivity contribution < 1.29 is 9.21 Å². The van der Waals surface area contributed by atoms with Gasteiger partial charge in [-0.15, -0.1) is 10.2 Å². The number of carbonyl (C=O) groups excluding carboxylic acids is 1. The fourth-order valence-electron chi connectivity index (χ4n) is 3.97. The van der Waals surface area contributed by atoms with E-state index < -0.39 is 0 Å². The molecule has 0 aliphatic carbocycles. The summed E-state index contributed by atoms with van der Waals surface area (Å²) in [6.07, 6.45) is 2.05. The van der Waals surface area contributed by atoms with Gasteiger partial charge in [0.25, 0.3) is 0 Å². The highest BCUT2D eigenvalue weighted by atomic mass is 16.3. The lowest BCUT2D eigenvalue weighted by atomic mass is 10.0.